The van der Waals surface area contributed by atoms with Gasteiger partial charge in [-0.15, -0.1) is 0 Å². The molecule has 1 saturated carbocycles. The topological polar surface area (TPSA) is 128 Å². The molecule has 0 radical (unpaired) electrons. The maximum atomic E-state index is 13.3. The fraction of sp³-hybridized carbons (Fsp3) is 0.483. The highest BCUT2D eigenvalue weighted by Gasteiger charge is 2.37. The number of likely N-dealkylation sites (tertiary alicyclic amines) is 1. The molecule has 2 saturated heterocycles. The van der Waals surface area contributed by atoms with Crippen molar-refractivity contribution in [2.75, 3.05) is 39.2 Å². The molecule has 3 aliphatic rings. The van der Waals surface area contributed by atoms with Gasteiger partial charge in [-0.25, -0.2) is 9.97 Å². The first kappa shape index (κ1) is 25.9. The molecular formula is C29H34N8O4. The highest BCUT2D eigenvalue weighted by atomic mass is 16.5. The second-order valence-electron chi connectivity index (χ2n) is 11.1. The minimum Gasteiger partial charge on any atom is -0.381 e. The molecule has 12 heteroatoms. The largest absolute Gasteiger partial charge is 0.381 e. The Morgan fingerprint density at radius 2 is 2.00 bits per heavy atom. The molecule has 1 unspecified atom stereocenters. The van der Waals surface area contributed by atoms with Gasteiger partial charge in [0.1, 0.15) is 17.0 Å². The second kappa shape index (κ2) is 10.4. The number of ether oxygens (including phenoxy) is 2. The van der Waals surface area contributed by atoms with Gasteiger partial charge in [0.05, 0.1) is 30.1 Å². The molecule has 0 bridgehead atoms. The molecule has 7 rings (SSSR count). The number of nitrogens with one attached hydrogen (secondary N) is 2. The normalized spacial score (nSPS) is 23.3. The molecule has 1 aliphatic carbocycles. The van der Waals surface area contributed by atoms with E-state index in [-0.39, 0.29) is 36.0 Å². The van der Waals surface area contributed by atoms with Crippen LogP contribution >= 0.6 is 0 Å². The Balaban J connectivity index is 1.26. The van der Waals surface area contributed by atoms with Crippen LogP contribution in [0, 0.1) is 0 Å². The average molecular weight is 559 g/mol. The number of nitrogens with zero attached hydrogens (tertiary/aromatic N) is 6. The number of methoxy groups -OCH3 is 1. The molecule has 41 heavy (non-hydrogen) atoms. The van der Waals surface area contributed by atoms with Crippen molar-refractivity contribution >= 4 is 34.3 Å². The van der Waals surface area contributed by atoms with Crippen LogP contribution in [0.1, 0.15) is 48.5 Å². The Morgan fingerprint density at radius 3 is 2.76 bits per heavy atom. The van der Waals surface area contributed by atoms with Crippen molar-refractivity contribution in [2.45, 2.75) is 56.3 Å². The summed E-state index contributed by atoms with van der Waals surface area (Å²) in [5.74, 6) is 0.657. The van der Waals surface area contributed by atoms with Gasteiger partial charge >= 0.3 is 0 Å². The van der Waals surface area contributed by atoms with Crippen molar-refractivity contribution in [2.24, 2.45) is 0 Å². The van der Waals surface area contributed by atoms with Crippen molar-refractivity contribution in [1.82, 2.24) is 34.4 Å². The first-order valence-corrected chi connectivity index (χ1v) is 14.3. The number of aromatic nitrogens is 5. The van der Waals surface area contributed by atoms with Crippen LogP contribution in [0.4, 0.5) is 5.82 Å². The Bertz CT molecular complexity index is 1620. The van der Waals surface area contributed by atoms with E-state index < -0.39 is 0 Å². The number of hydrogen-bond acceptors (Lipinski definition) is 8. The number of anilines is 1. The van der Waals surface area contributed by atoms with Gasteiger partial charge in [-0.05, 0) is 37.8 Å². The predicted octanol–water partition coefficient (Wildman–Crippen LogP) is 2.65. The number of hydrogen-bond donors (Lipinski definition) is 2. The van der Waals surface area contributed by atoms with E-state index in [0.29, 0.717) is 48.9 Å². The van der Waals surface area contributed by atoms with Crippen LogP contribution in [0.3, 0.4) is 0 Å². The van der Waals surface area contributed by atoms with Gasteiger partial charge in [-0.1, -0.05) is 0 Å². The second-order valence-corrected chi connectivity index (χ2v) is 11.1. The van der Waals surface area contributed by atoms with Gasteiger partial charge in [0.25, 0.3) is 5.91 Å². The van der Waals surface area contributed by atoms with Gasteiger partial charge in [0, 0.05) is 75.8 Å². The summed E-state index contributed by atoms with van der Waals surface area (Å²) in [6, 6.07) is 6.03. The summed E-state index contributed by atoms with van der Waals surface area (Å²) in [5, 5.41) is 11.7. The molecule has 2 amide bonds. The van der Waals surface area contributed by atoms with Crippen LogP contribution in [-0.4, -0.2) is 93.0 Å². The molecule has 4 aromatic rings. The number of pyridine rings is 1. The van der Waals surface area contributed by atoms with Crippen LogP contribution < -0.4 is 10.6 Å². The lowest BCUT2D eigenvalue weighted by atomic mass is 9.89. The van der Waals surface area contributed by atoms with Crippen LogP contribution in [0.15, 0.2) is 36.8 Å². The van der Waals surface area contributed by atoms with E-state index in [1.165, 1.54) is 0 Å². The quantitative estimate of drug-likeness (QED) is 0.354. The fourth-order valence-electron chi connectivity index (χ4n) is 6.42. The first-order valence-electron chi connectivity index (χ1n) is 14.3. The molecule has 6 heterocycles. The van der Waals surface area contributed by atoms with E-state index in [9.17, 15) is 9.59 Å². The zero-order chi connectivity index (χ0) is 28.1. The van der Waals surface area contributed by atoms with Crippen molar-refractivity contribution in [3.05, 3.63) is 42.4 Å². The van der Waals surface area contributed by atoms with E-state index in [1.54, 1.807) is 24.0 Å². The van der Waals surface area contributed by atoms with Gasteiger partial charge < -0.3 is 29.6 Å². The Labute approximate surface area is 237 Å². The lowest BCUT2D eigenvalue weighted by molar-refractivity contribution is -0.131. The predicted molar refractivity (Wildman–Crippen MR) is 152 cm³/mol. The van der Waals surface area contributed by atoms with Crippen LogP contribution in [0.2, 0.25) is 0 Å². The third-order valence-corrected chi connectivity index (χ3v) is 8.83. The summed E-state index contributed by atoms with van der Waals surface area (Å²) in [6.45, 7) is 2.04. The highest BCUT2D eigenvalue weighted by molar-refractivity contribution is 6.01. The summed E-state index contributed by atoms with van der Waals surface area (Å²) >= 11 is 0. The third kappa shape index (κ3) is 4.41. The minimum absolute atomic E-state index is 0.0201. The standard InChI is InChI=1S/C29H34N8O4/c1-30-25-13-23(33-28-20(14-32-37(25)28)29(39)34-22-5-6-24(22)40-2)21-16-36(27-19(21)4-3-9-31-27)18-12-26(38)35(15-18)17-7-10-41-11-8-17/h3-4,9,13-14,16-18,22,24,30H,5-8,10-12,15H2,1-2H3,(H,34,39)/t18-,22?,24-/m1/s1. The zero-order valence-corrected chi connectivity index (χ0v) is 23.2. The molecule has 3 atom stereocenters. The van der Waals surface area contributed by atoms with Gasteiger partial charge in [-0.3, -0.25) is 9.59 Å². The number of carbonyl (C=O) groups excluding carboxylic acids is 2. The Kier molecular flexibility index (Phi) is 6.58. The monoisotopic (exact) mass is 558 g/mol. The van der Waals surface area contributed by atoms with Gasteiger partial charge in [0.2, 0.25) is 5.91 Å². The maximum Gasteiger partial charge on any atom is 0.257 e. The van der Waals surface area contributed by atoms with E-state index in [0.717, 1.165) is 42.3 Å². The zero-order valence-electron chi connectivity index (χ0n) is 23.2. The minimum atomic E-state index is -0.222. The van der Waals surface area contributed by atoms with Crippen molar-refractivity contribution in [1.29, 1.82) is 0 Å². The Morgan fingerprint density at radius 1 is 1.15 bits per heavy atom. The third-order valence-electron chi connectivity index (χ3n) is 8.83. The van der Waals surface area contributed by atoms with E-state index in [4.69, 9.17) is 19.4 Å². The van der Waals surface area contributed by atoms with Gasteiger partial charge in [0.15, 0.2) is 5.65 Å². The molecule has 2 aliphatic heterocycles. The van der Waals surface area contributed by atoms with Crippen molar-refractivity contribution in [3.8, 4) is 11.3 Å². The summed E-state index contributed by atoms with van der Waals surface area (Å²) in [5.41, 5.74) is 3.25. The summed E-state index contributed by atoms with van der Waals surface area (Å²) < 4.78 is 14.7. The fourth-order valence-corrected chi connectivity index (χ4v) is 6.42. The van der Waals surface area contributed by atoms with Crippen LogP contribution in [-0.2, 0) is 14.3 Å². The number of rotatable bonds is 7. The smallest absolute Gasteiger partial charge is 0.257 e. The summed E-state index contributed by atoms with van der Waals surface area (Å²) in [6.07, 6.45) is 9.41. The molecule has 3 fully saturated rings. The van der Waals surface area contributed by atoms with Crippen molar-refractivity contribution < 1.29 is 19.1 Å². The first-order chi connectivity index (χ1) is 20.1. The SMILES string of the molecule is CNc1cc(-c2cn([C@@H]3CC(=O)N(C4CCOCC4)C3)c3ncccc23)nc2c(C(=O)NC3CC[C@H]3OC)cnn12. The lowest BCUT2D eigenvalue weighted by Gasteiger charge is -2.35. The number of carbonyl (C=O) groups is 2. The lowest BCUT2D eigenvalue weighted by Crippen LogP contribution is -2.51. The molecule has 0 aromatic carbocycles. The van der Waals surface area contributed by atoms with Crippen LogP contribution in [0.25, 0.3) is 27.9 Å². The average Bonchev–Trinajstić information content (AvgIpc) is 3.70. The van der Waals surface area contributed by atoms with E-state index in [2.05, 4.69) is 26.5 Å². The van der Waals surface area contributed by atoms with E-state index >= 15 is 0 Å². The molecule has 12 nitrogen and oxygen atoms in total. The maximum absolute atomic E-state index is 13.3. The molecular weight excluding hydrogens is 524 g/mol. The van der Waals surface area contributed by atoms with E-state index in [1.807, 2.05) is 30.1 Å². The molecule has 4 aromatic heterocycles. The van der Waals surface area contributed by atoms with Gasteiger partial charge in [-0.2, -0.15) is 9.61 Å². The molecule has 2 N–H and O–H groups in total. The van der Waals surface area contributed by atoms with Crippen LogP contribution in [0.5, 0.6) is 0 Å². The van der Waals surface area contributed by atoms with Crippen molar-refractivity contribution in [3.63, 3.8) is 0 Å². The number of amides is 2. The highest BCUT2D eigenvalue weighted by Crippen LogP contribution is 2.36. The summed E-state index contributed by atoms with van der Waals surface area (Å²) in [7, 11) is 3.48. The Hall–Kier alpha value is -4.03. The number of fused-ring (bicyclic) bond motifs is 2. The summed E-state index contributed by atoms with van der Waals surface area (Å²) in [4.78, 5) is 38.1. The molecule has 214 valence electrons. The molecule has 0 spiro atoms.